The van der Waals surface area contributed by atoms with E-state index in [9.17, 15) is 23.1 Å². The number of aryl methyl sites for hydroxylation is 1. The molecule has 0 atom stereocenters. The minimum atomic E-state index is -4.56. The Morgan fingerprint density at radius 3 is 2.38 bits per heavy atom. The molecule has 0 unspecified atom stereocenters. The highest BCUT2D eigenvalue weighted by Gasteiger charge is 2.32. The average Bonchev–Trinajstić information content (AvgIpc) is 2.92. The molecule has 0 spiro atoms. The van der Waals surface area contributed by atoms with E-state index in [1.807, 2.05) is 19.1 Å². The number of carbonyl (C=O) groups is 1. The van der Waals surface area contributed by atoms with Gasteiger partial charge >= 0.3 is 12.1 Å². The maximum absolute atomic E-state index is 12.9. The number of rotatable bonds is 3. The number of carboxylic acid groups (broad SMARTS) is 1. The number of pyridine rings is 1. The van der Waals surface area contributed by atoms with Crippen molar-refractivity contribution in [3.8, 4) is 11.3 Å². The van der Waals surface area contributed by atoms with Crippen LogP contribution in [0.5, 0.6) is 0 Å². The Labute approximate surface area is 135 Å². The first-order valence-electron chi connectivity index (χ1n) is 7.23. The minimum absolute atomic E-state index is 0.143. The Balaban J connectivity index is 2.24. The fourth-order valence-electron chi connectivity index (χ4n) is 2.52. The fraction of sp³-hybridized carbons (Fsp3) is 0.176. The van der Waals surface area contributed by atoms with Gasteiger partial charge in [0.05, 0.1) is 5.56 Å². The van der Waals surface area contributed by atoms with E-state index in [0.29, 0.717) is 5.56 Å². The van der Waals surface area contributed by atoms with Crippen LogP contribution >= 0.6 is 0 Å². The van der Waals surface area contributed by atoms with Crippen molar-refractivity contribution in [1.29, 1.82) is 0 Å². The molecule has 0 saturated heterocycles. The van der Waals surface area contributed by atoms with Gasteiger partial charge in [-0.15, -0.1) is 0 Å². The van der Waals surface area contributed by atoms with Crippen LogP contribution in [-0.2, 0) is 12.6 Å². The van der Waals surface area contributed by atoms with E-state index in [2.05, 4.69) is 4.98 Å². The summed E-state index contributed by atoms with van der Waals surface area (Å²) < 4.78 is 39.6. The molecule has 2 heterocycles. The summed E-state index contributed by atoms with van der Waals surface area (Å²) in [5.74, 6) is -1.34. The molecule has 3 aromatic rings. The monoisotopic (exact) mass is 334 g/mol. The lowest BCUT2D eigenvalue weighted by molar-refractivity contribution is -0.137. The molecule has 0 fully saturated rings. The first-order valence-corrected chi connectivity index (χ1v) is 7.23. The van der Waals surface area contributed by atoms with E-state index in [-0.39, 0.29) is 17.0 Å². The molecular formula is C17H13F3N2O2. The van der Waals surface area contributed by atoms with Gasteiger partial charge in [-0.05, 0) is 24.1 Å². The van der Waals surface area contributed by atoms with E-state index in [1.165, 1.54) is 6.07 Å². The topological polar surface area (TPSA) is 54.6 Å². The second-order valence-electron chi connectivity index (χ2n) is 5.31. The van der Waals surface area contributed by atoms with Crippen molar-refractivity contribution in [3.63, 3.8) is 0 Å². The van der Waals surface area contributed by atoms with Crippen molar-refractivity contribution in [2.45, 2.75) is 19.5 Å². The van der Waals surface area contributed by atoms with Gasteiger partial charge in [0, 0.05) is 11.8 Å². The van der Waals surface area contributed by atoms with Gasteiger partial charge in [-0.2, -0.15) is 13.2 Å². The molecule has 0 amide bonds. The van der Waals surface area contributed by atoms with E-state index in [0.717, 1.165) is 28.6 Å². The zero-order chi connectivity index (χ0) is 17.5. The number of hydrogen-bond donors (Lipinski definition) is 1. The minimum Gasteiger partial charge on any atom is -0.476 e. The molecule has 0 aliphatic carbocycles. The summed E-state index contributed by atoms with van der Waals surface area (Å²) in [6.45, 7) is 1.99. The summed E-state index contributed by atoms with van der Waals surface area (Å²) in [6, 6.07) is 9.17. The lowest BCUT2D eigenvalue weighted by atomic mass is 10.1. The number of nitrogens with zero attached hydrogens (tertiary/aromatic N) is 2. The van der Waals surface area contributed by atoms with Gasteiger partial charge in [0.1, 0.15) is 11.3 Å². The second kappa shape index (κ2) is 5.67. The van der Waals surface area contributed by atoms with Crippen molar-refractivity contribution in [1.82, 2.24) is 9.38 Å². The van der Waals surface area contributed by atoms with Crippen LogP contribution in [0, 0.1) is 0 Å². The first-order chi connectivity index (χ1) is 11.3. The van der Waals surface area contributed by atoms with Gasteiger partial charge < -0.3 is 5.11 Å². The van der Waals surface area contributed by atoms with Crippen molar-refractivity contribution >= 4 is 11.6 Å². The van der Waals surface area contributed by atoms with Crippen LogP contribution in [0.15, 0.2) is 42.6 Å². The van der Waals surface area contributed by atoms with Crippen LogP contribution in [0.1, 0.15) is 28.5 Å². The first kappa shape index (κ1) is 16.0. The standard InChI is InChI=1S/C17H13F3N2O2/c1-2-10-3-5-11(6-4-10)14-15(16(23)24)22-9-12(17(18,19)20)7-8-13(22)21-14/h3-9H,2H2,1H3,(H,23,24). The number of aromatic carboxylic acids is 1. The van der Waals surface area contributed by atoms with Crippen LogP contribution in [-0.4, -0.2) is 20.5 Å². The average molecular weight is 334 g/mol. The highest BCUT2D eigenvalue weighted by atomic mass is 19.4. The zero-order valence-corrected chi connectivity index (χ0v) is 12.6. The molecule has 124 valence electrons. The third kappa shape index (κ3) is 2.73. The Morgan fingerprint density at radius 1 is 1.17 bits per heavy atom. The second-order valence-corrected chi connectivity index (χ2v) is 5.31. The van der Waals surface area contributed by atoms with Crippen LogP contribution in [0.4, 0.5) is 13.2 Å². The zero-order valence-electron chi connectivity index (χ0n) is 12.6. The van der Waals surface area contributed by atoms with E-state index in [4.69, 9.17) is 0 Å². The molecule has 24 heavy (non-hydrogen) atoms. The highest BCUT2D eigenvalue weighted by molar-refractivity contribution is 5.94. The largest absolute Gasteiger partial charge is 0.476 e. The number of fused-ring (bicyclic) bond motifs is 1. The van der Waals surface area contributed by atoms with Gasteiger partial charge in [0.2, 0.25) is 0 Å². The lowest BCUT2D eigenvalue weighted by Crippen LogP contribution is -2.09. The fourth-order valence-corrected chi connectivity index (χ4v) is 2.52. The Kier molecular flexibility index (Phi) is 3.79. The SMILES string of the molecule is CCc1ccc(-c2nc3ccc(C(F)(F)F)cn3c2C(=O)O)cc1. The molecule has 0 aliphatic heterocycles. The van der Waals surface area contributed by atoms with Gasteiger partial charge in [-0.3, -0.25) is 4.40 Å². The Morgan fingerprint density at radius 2 is 1.83 bits per heavy atom. The van der Waals surface area contributed by atoms with Crippen LogP contribution in [0.25, 0.3) is 16.9 Å². The quantitative estimate of drug-likeness (QED) is 0.778. The lowest BCUT2D eigenvalue weighted by Gasteiger charge is -2.07. The molecule has 1 N–H and O–H groups in total. The smallest absolute Gasteiger partial charge is 0.417 e. The highest BCUT2D eigenvalue weighted by Crippen LogP contribution is 2.31. The van der Waals surface area contributed by atoms with Gasteiger partial charge in [0.15, 0.2) is 5.69 Å². The normalized spacial score (nSPS) is 11.8. The number of carboxylic acids is 1. The molecule has 2 aromatic heterocycles. The van der Waals surface area contributed by atoms with Crippen molar-refractivity contribution in [2.24, 2.45) is 0 Å². The number of hydrogen-bond acceptors (Lipinski definition) is 2. The molecule has 0 saturated carbocycles. The van der Waals surface area contributed by atoms with Crippen LogP contribution in [0.2, 0.25) is 0 Å². The molecule has 4 nitrogen and oxygen atoms in total. The molecule has 3 rings (SSSR count). The summed E-state index contributed by atoms with van der Waals surface area (Å²) in [7, 11) is 0. The summed E-state index contributed by atoms with van der Waals surface area (Å²) in [4.78, 5) is 15.8. The molecule has 7 heteroatoms. The number of alkyl halides is 3. The molecule has 0 aliphatic rings. The summed E-state index contributed by atoms with van der Waals surface area (Å²) in [6.07, 6.45) is -2.97. The van der Waals surface area contributed by atoms with Crippen molar-refractivity contribution in [3.05, 3.63) is 59.4 Å². The number of benzene rings is 1. The molecule has 0 bridgehead atoms. The maximum Gasteiger partial charge on any atom is 0.417 e. The number of imidazole rings is 1. The molecular weight excluding hydrogens is 321 g/mol. The Bertz CT molecular complexity index is 912. The summed E-state index contributed by atoms with van der Waals surface area (Å²) >= 11 is 0. The maximum atomic E-state index is 12.9. The predicted octanol–water partition coefficient (Wildman–Crippen LogP) is 4.28. The van der Waals surface area contributed by atoms with E-state index < -0.39 is 17.7 Å². The summed E-state index contributed by atoms with van der Waals surface area (Å²) in [5.41, 5.74) is 0.684. The number of halogens is 3. The van der Waals surface area contributed by atoms with Crippen molar-refractivity contribution in [2.75, 3.05) is 0 Å². The van der Waals surface area contributed by atoms with Crippen molar-refractivity contribution < 1.29 is 23.1 Å². The van der Waals surface area contributed by atoms with Gasteiger partial charge in [0.25, 0.3) is 0 Å². The van der Waals surface area contributed by atoms with Crippen LogP contribution < -0.4 is 0 Å². The van der Waals surface area contributed by atoms with Crippen LogP contribution in [0.3, 0.4) is 0 Å². The third-order valence-electron chi connectivity index (χ3n) is 3.78. The molecule has 0 radical (unpaired) electrons. The summed E-state index contributed by atoms with van der Waals surface area (Å²) in [5, 5.41) is 9.47. The third-order valence-corrected chi connectivity index (χ3v) is 3.78. The van der Waals surface area contributed by atoms with Gasteiger partial charge in [-0.25, -0.2) is 9.78 Å². The number of aromatic nitrogens is 2. The van der Waals surface area contributed by atoms with Gasteiger partial charge in [-0.1, -0.05) is 31.2 Å². The predicted molar refractivity (Wildman–Crippen MR) is 82.0 cm³/mol. The van der Waals surface area contributed by atoms with E-state index >= 15 is 0 Å². The molecule has 1 aromatic carbocycles. The van der Waals surface area contributed by atoms with E-state index in [1.54, 1.807) is 12.1 Å². The Hall–Kier alpha value is -2.83.